The number of Topliss-reactive ketones (excluding diaryl/α,β-unsaturated/α-hetero) is 4. The van der Waals surface area contributed by atoms with Gasteiger partial charge in [-0.15, -0.1) is 0 Å². The number of hydrogen-bond donors (Lipinski definition) is 0. The largest absolute Gasteiger partial charge is 0.285 e. The average Bonchev–Trinajstić information content (AvgIpc) is 2.70. The quantitative estimate of drug-likeness (QED) is 0.323. The molecule has 2 rings (SSSR count). The van der Waals surface area contributed by atoms with E-state index in [0.29, 0.717) is 11.1 Å². The minimum Gasteiger partial charge on any atom is -0.285 e. The Balaban J connectivity index is 0.000000362. The van der Waals surface area contributed by atoms with Crippen molar-refractivity contribution in [1.29, 1.82) is 0 Å². The molecule has 0 aliphatic heterocycles. The van der Waals surface area contributed by atoms with E-state index >= 15 is 0 Å². The highest BCUT2D eigenvalue weighted by Gasteiger charge is 2.38. The second-order valence-corrected chi connectivity index (χ2v) is 11.1. The third-order valence-electron chi connectivity index (χ3n) is 6.29. The molecule has 2 aliphatic carbocycles. The van der Waals surface area contributed by atoms with Crippen LogP contribution in [0.1, 0.15) is 83.1 Å². The molecule has 188 valence electrons. The molecule has 0 aromatic rings. The van der Waals surface area contributed by atoms with Crippen LogP contribution in [0.3, 0.4) is 0 Å². The van der Waals surface area contributed by atoms with Gasteiger partial charge in [0.2, 0.25) is 23.1 Å². The van der Waals surface area contributed by atoms with Crippen molar-refractivity contribution in [2.24, 2.45) is 35.5 Å². The molecule has 0 amide bonds. The van der Waals surface area contributed by atoms with Crippen LogP contribution >= 0.6 is 0 Å². The molecule has 0 spiro atoms. The van der Waals surface area contributed by atoms with E-state index in [1.807, 2.05) is 55.4 Å². The second kappa shape index (κ2) is 11.9. The summed E-state index contributed by atoms with van der Waals surface area (Å²) in [7, 11) is 0. The maximum Gasteiger partial charge on any atom is 0.229 e. The first kappa shape index (κ1) is 29.7. The van der Waals surface area contributed by atoms with Crippen LogP contribution < -0.4 is 0 Å². The van der Waals surface area contributed by atoms with E-state index in [-0.39, 0.29) is 58.6 Å². The summed E-state index contributed by atoms with van der Waals surface area (Å²) in [4.78, 5) is 48.3. The summed E-state index contributed by atoms with van der Waals surface area (Å²) in [6, 6.07) is 0. The zero-order chi connectivity index (χ0) is 26.7. The van der Waals surface area contributed by atoms with Gasteiger partial charge in [0, 0.05) is 22.3 Å². The Kier molecular flexibility index (Phi) is 10.4. The summed E-state index contributed by atoms with van der Waals surface area (Å²) in [6.07, 6.45) is 3.56. The molecule has 0 atom stereocenters. The Morgan fingerprint density at radius 2 is 0.588 bits per heavy atom. The maximum absolute atomic E-state index is 12.5. The zero-order valence-electron chi connectivity index (χ0n) is 23.3. The molecule has 0 N–H and O–H groups in total. The lowest BCUT2D eigenvalue weighted by Crippen LogP contribution is -2.33. The summed E-state index contributed by atoms with van der Waals surface area (Å²) in [5.74, 6) is -0.275. The molecule has 0 unspecified atom stereocenters. The summed E-state index contributed by atoms with van der Waals surface area (Å²) in [6.45, 7) is 24.1. The van der Waals surface area contributed by atoms with Crippen molar-refractivity contribution in [2.75, 3.05) is 0 Å². The first-order valence-corrected chi connectivity index (χ1v) is 12.6. The molecule has 2 aliphatic rings. The first-order valence-electron chi connectivity index (χ1n) is 12.6. The lowest BCUT2D eigenvalue weighted by atomic mass is 9.70. The maximum atomic E-state index is 12.5. The number of carbonyl (C=O) groups excluding carboxylic acids is 4. The van der Waals surface area contributed by atoms with Gasteiger partial charge in [-0.25, -0.2) is 0 Å². The van der Waals surface area contributed by atoms with Gasteiger partial charge >= 0.3 is 0 Å². The Bertz CT molecular complexity index is 893. The zero-order valence-corrected chi connectivity index (χ0v) is 23.3. The highest BCUT2D eigenvalue weighted by molar-refractivity contribution is 6.51. The lowest BCUT2D eigenvalue weighted by molar-refractivity contribution is -0.133. The predicted molar refractivity (Wildman–Crippen MR) is 139 cm³/mol. The Labute approximate surface area is 206 Å². The van der Waals surface area contributed by atoms with Crippen LogP contribution in [-0.4, -0.2) is 23.1 Å². The molecule has 0 bridgehead atoms. The number of allylic oxidation sites excluding steroid dienone is 8. The minimum absolute atomic E-state index is 0.0892. The number of rotatable bonds is 6. The van der Waals surface area contributed by atoms with Crippen LogP contribution in [0.25, 0.3) is 0 Å². The fraction of sp³-hybridized carbons (Fsp3) is 0.600. The van der Waals surface area contributed by atoms with Crippen molar-refractivity contribution in [3.05, 3.63) is 45.6 Å². The van der Waals surface area contributed by atoms with Crippen LogP contribution in [0, 0.1) is 35.5 Å². The van der Waals surface area contributed by atoms with Gasteiger partial charge in [-0.2, -0.15) is 0 Å². The molecular weight excluding hydrogens is 424 g/mol. The van der Waals surface area contributed by atoms with E-state index in [1.54, 1.807) is 12.2 Å². The molecule has 0 saturated heterocycles. The van der Waals surface area contributed by atoms with E-state index in [4.69, 9.17) is 0 Å². The van der Waals surface area contributed by atoms with Gasteiger partial charge in [-0.3, -0.25) is 19.2 Å². The topological polar surface area (TPSA) is 68.3 Å². The molecule has 0 aromatic carbocycles. The molecule has 0 radical (unpaired) electrons. The Hall–Kier alpha value is -2.36. The number of hydrogen-bond acceptors (Lipinski definition) is 4. The fourth-order valence-electron chi connectivity index (χ4n) is 4.67. The van der Waals surface area contributed by atoms with Crippen molar-refractivity contribution in [3.8, 4) is 0 Å². The average molecular weight is 469 g/mol. The van der Waals surface area contributed by atoms with Gasteiger partial charge in [0.15, 0.2) is 0 Å². The van der Waals surface area contributed by atoms with E-state index in [0.717, 1.165) is 22.3 Å². The first-order chi connectivity index (χ1) is 15.6. The monoisotopic (exact) mass is 468 g/mol. The molecular formula is C30H44O4. The van der Waals surface area contributed by atoms with Crippen molar-refractivity contribution >= 4 is 23.1 Å². The molecule has 0 aromatic heterocycles. The molecule has 4 heteroatoms. The van der Waals surface area contributed by atoms with Gasteiger partial charge in [0.25, 0.3) is 0 Å². The second-order valence-electron chi connectivity index (χ2n) is 11.1. The van der Waals surface area contributed by atoms with Crippen molar-refractivity contribution in [1.82, 2.24) is 0 Å². The highest BCUT2D eigenvalue weighted by atomic mass is 16.2. The number of ketones is 4. The van der Waals surface area contributed by atoms with Crippen LogP contribution in [0.2, 0.25) is 0 Å². The summed E-state index contributed by atoms with van der Waals surface area (Å²) in [5, 5.41) is 0. The Morgan fingerprint density at radius 1 is 0.353 bits per heavy atom. The Morgan fingerprint density at radius 3 is 0.765 bits per heavy atom. The van der Waals surface area contributed by atoms with Crippen molar-refractivity contribution < 1.29 is 19.2 Å². The standard InChI is InChI=1S/C18H28O2.C12H16O2/c1-9(2)13-14(10(3)4)16(12(7)8)18(20)17(19)15(13)11(5)6;1-7(2)9-5-6-10(8(3)4)12(14)11(9)13/h9-12H,1-8H3;5-8H,1-4H3. The number of carbonyl (C=O) groups is 4. The summed E-state index contributed by atoms with van der Waals surface area (Å²) >= 11 is 0. The smallest absolute Gasteiger partial charge is 0.229 e. The SMILES string of the molecule is CC(C)C1=C(C(C)C)C(C(C)C)=C(C(C)C)C(=O)C1=O.CC(C)C1=CC=C(C(C)C)C(=O)C1=O. The van der Waals surface area contributed by atoms with Crippen molar-refractivity contribution in [2.45, 2.75) is 83.1 Å². The van der Waals surface area contributed by atoms with Gasteiger partial charge < -0.3 is 0 Å². The van der Waals surface area contributed by atoms with E-state index in [2.05, 4.69) is 27.7 Å². The highest BCUT2D eigenvalue weighted by Crippen LogP contribution is 2.40. The van der Waals surface area contributed by atoms with Crippen LogP contribution in [-0.2, 0) is 19.2 Å². The van der Waals surface area contributed by atoms with Crippen LogP contribution in [0.15, 0.2) is 45.6 Å². The van der Waals surface area contributed by atoms with Crippen LogP contribution in [0.4, 0.5) is 0 Å². The van der Waals surface area contributed by atoms with Crippen molar-refractivity contribution in [3.63, 3.8) is 0 Å². The van der Waals surface area contributed by atoms with E-state index < -0.39 is 0 Å². The fourth-order valence-corrected chi connectivity index (χ4v) is 4.67. The van der Waals surface area contributed by atoms with Gasteiger partial charge in [0.1, 0.15) is 0 Å². The lowest BCUT2D eigenvalue weighted by Gasteiger charge is -2.32. The molecule has 0 heterocycles. The third-order valence-corrected chi connectivity index (χ3v) is 6.29. The molecule has 0 fully saturated rings. The minimum atomic E-state index is -0.328. The van der Waals surface area contributed by atoms with Gasteiger partial charge in [-0.05, 0) is 46.7 Å². The predicted octanol–water partition coefficient (Wildman–Crippen LogP) is 6.66. The van der Waals surface area contributed by atoms with Crippen LogP contribution in [0.5, 0.6) is 0 Å². The summed E-state index contributed by atoms with van der Waals surface area (Å²) < 4.78 is 0. The van der Waals surface area contributed by atoms with E-state index in [1.165, 1.54) is 0 Å². The van der Waals surface area contributed by atoms with Gasteiger partial charge in [-0.1, -0.05) is 95.2 Å². The van der Waals surface area contributed by atoms with Gasteiger partial charge in [0.05, 0.1) is 0 Å². The normalized spacial score (nSPS) is 17.6. The molecule has 0 saturated carbocycles. The third kappa shape index (κ3) is 6.20. The summed E-state index contributed by atoms with van der Waals surface area (Å²) in [5.41, 5.74) is 4.95. The van der Waals surface area contributed by atoms with E-state index in [9.17, 15) is 19.2 Å². The molecule has 4 nitrogen and oxygen atoms in total. The molecule has 34 heavy (non-hydrogen) atoms.